The van der Waals surface area contributed by atoms with Gasteiger partial charge in [0.1, 0.15) is 11.5 Å². The van der Waals surface area contributed by atoms with E-state index in [9.17, 15) is 9.59 Å². The van der Waals surface area contributed by atoms with Gasteiger partial charge in [-0.2, -0.15) is 5.10 Å². The fourth-order valence-corrected chi connectivity index (χ4v) is 4.00. The topological polar surface area (TPSA) is 83.9 Å². The number of nitrogens with one attached hydrogen (secondary N) is 1. The van der Waals surface area contributed by atoms with Crippen molar-refractivity contribution in [3.05, 3.63) is 47.5 Å². The van der Waals surface area contributed by atoms with Crippen molar-refractivity contribution in [2.45, 2.75) is 26.7 Å². The molecule has 0 aliphatic carbocycles. The average molecular weight is 408 g/mol. The third-order valence-corrected chi connectivity index (χ3v) is 5.64. The Kier molecular flexibility index (Phi) is 5.02. The minimum absolute atomic E-state index is 0.123. The van der Waals surface area contributed by atoms with Crippen molar-refractivity contribution in [2.24, 2.45) is 5.10 Å². The van der Waals surface area contributed by atoms with Crippen molar-refractivity contribution < 1.29 is 14.3 Å². The first-order valence-electron chi connectivity index (χ1n) is 9.18. The fraction of sp³-hybridized carbons (Fsp3) is 0.238. The summed E-state index contributed by atoms with van der Waals surface area (Å²) < 4.78 is 6.14. The normalized spacial score (nSPS) is 14.1. The number of aromatic nitrogens is 1. The summed E-state index contributed by atoms with van der Waals surface area (Å²) in [4.78, 5) is 29.6. The third kappa shape index (κ3) is 3.84. The van der Waals surface area contributed by atoms with Crippen LogP contribution >= 0.6 is 11.3 Å². The van der Waals surface area contributed by atoms with E-state index in [1.807, 2.05) is 50.2 Å². The maximum absolute atomic E-state index is 12.8. The smallest absolute Gasteiger partial charge is 0.273 e. The second kappa shape index (κ2) is 7.63. The maximum atomic E-state index is 12.8. The molecule has 0 saturated carbocycles. The van der Waals surface area contributed by atoms with Crippen LogP contribution < -0.4 is 15.1 Å². The summed E-state index contributed by atoms with van der Waals surface area (Å²) in [6.45, 7) is 3.87. The van der Waals surface area contributed by atoms with Gasteiger partial charge in [-0.25, -0.2) is 9.99 Å². The number of rotatable bonds is 4. The third-order valence-electron chi connectivity index (χ3n) is 4.70. The van der Waals surface area contributed by atoms with Crippen LogP contribution in [-0.2, 0) is 9.59 Å². The number of benzene rings is 2. The molecule has 148 valence electrons. The summed E-state index contributed by atoms with van der Waals surface area (Å²) in [5.41, 5.74) is 3.74. The van der Waals surface area contributed by atoms with Crippen molar-refractivity contribution in [3.63, 3.8) is 0 Å². The number of carbonyl (C=O) groups excluding carboxylic acids is 2. The van der Waals surface area contributed by atoms with Crippen molar-refractivity contribution in [3.8, 4) is 5.75 Å². The SMILES string of the molecule is COc1ccc2nc(NC(=O)C3=NN(c4cc(C)ccc4C)C(=O)CC3)sc2c1. The molecule has 1 aliphatic rings. The van der Waals surface area contributed by atoms with E-state index in [0.29, 0.717) is 23.0 Å². The number of anilines is 2. The lowest BCUT2D eigenvalue weighted by atomic mass is 10.1. The highest BCUT2D eigenvalue weighted by molar-refractivity contribution is 7.22. The molecular formula is C21H20N4O3S. The van der Waals surface area contributed by atoms with Gasteiger partial charge in [-0.05, 0) is 49.2 Å². The molecule has 1 aromatic heterocycles. The molecule has 4 rings (SSSR count). The van der Waals surface area contributed by atoms with Gasteiger partial charge >= 0.3 is 0 Å². The van der Waals surface area contributed by atoms with Gasteiger partial charge in [0.25, 0.3) is 5.91 Å². The van der Waals surface area contributed by atoms with E-state index in [2.05, 4.69) is 15.4 Å². The summed E-state index contributed by atoms with van der Waals surface area (Å²) in [6.07, 6.45) is 0.529. The Morgan fingerprint density at radius 3 is 2.79 bits per heavy atom. The van der Waals surface area contributed by atoms with Crippen molar-refractivity contribution in [2.75, 3.05) is 17.4 Å². The lowest BCUT2D eigenvalue weighted by Crippen LogP contribution is -2.36. The van der Waals surface area contributed by atoms with E-state index < -0.39 is 0 Å². The van der Waals surface area contributed by atoms with Crippen molar-refractivity contribution >= 4 is 49.9 Å². The highest BCUT2D eigenvalue weighted by atomic mass is 32.1. The lowest BCUT2D eigenvalue weighted by Gasteiger charge is -2.24. The molecule has 0 spiro atoms. The average Bonchev–Trinajstić information content (AvgIpc) is 3.11. The van der Waals surface area contributed by atoms with Crippen LogP contribution in [0.4, 0.5) is 10.8 Å². The van der Waals surface area contributed by atoms with Crippen LogP contribution in [0.1, 0.15) is 24.0 Å². The molecule has 7 nitrogen and oxygen atoms in total. The van der Waals surface area contributed by atoms with Crippen LogP contribution in [0.2, 0.25) is 0 Å². The molecule has 0 saturated heterocycles. The fourth-order valence-electron chi connectivity index (χ4n) is 3.11. The Morgan fingerprint density at radius 2 is 2.00 bits per heavy atom. The summed E-state index contributed by atoms with van der Waals surface area (Å²) in [6, 6.07) is 11.4. The largest absolute Gasteiger partial charge is 0.497 e. The molecular weight excluding hydrogens is 388 g/mol. The van der Waals surface area contributed by atoms with Gasteiger partial charge in [-0.3, -0.25) is 14.9 Å². The van der Waals surface area contributed by atoms with Gasteiger partial charge in [0.05, 0.1) is 23.0 Å². The van der Waals surface area contributed by atoms with Crippen LogP contribution in [0.25, 0.3) is 10.2 Å². The Morgan fingerprint density at radius 1 is 1.17 bits per heavy atom. The Balaban J connectivity index is 1.59. The number of fused-ring (bicyclic) bond motifs is 1. The molecule has 29 heavy (non-hydrogen) atoms. The number of carbonyl (C=O) groups is 2. The number of thiazole rings is 1. The molecule has 0 fully saturated rings. The quantitative estimate of drug-likeness (QED) is 0.706. The summed E-state index contributed by atoms with van der Waals surface area (Å²) in [5.74, 6) is 0.263. The van der Waals surface area contributed by atoms with E-state index in [-0.39, 0.29) is 18.2 Å². The molecule has 2 heterocycles. The van der Waals surface area contributed by atoms with Gasteiger partial charge in [0.15, 0.2) is 5.13 Å². The molecule has 0 radical (unpaired) electrons. The van der Waals surface area contributed by atoms with Crippen molar-refractivity contribution in [1.82, 2.24) is 4.98 Å². The van der Waals surface area contributed by atoms with Crippen LogP contribution in [0.3, 0.4) is 0 Å². The first kappa shape index (κ1) is 19.1. The zero-order valence-corrected chi connectivity index (χ0v) is 17.2. The molecule has 3 aromatic rings. The first-order valence-corrected chi connectivity index (χ1v) is 10.00. The highest BCUT2D eigenvalue weighted by Crippen LogP contribution is 2.30. The molecule has 0 unspecified atom stereocenters. The zero-order chi connectivity index (χ0) is 20.5. The summed E-state index contributed by atoms with van der Waals surface area (Å²) >= 11 is 1.36. The van der Waals surface area contributed by atoms with E-state index in [1.54, 1.807) is 7.11 Å². The number of nitrogens with zero attached hydrogens (tertiary/aromatic N) is 3. The highest BCUT2D eigenvalue weighted by Gasteiger charge is 2.27. The molecule has 1 aliphatic heterocycles. The van der Waals surface area contributed by atoms with Crippen LogP contribution in [0.15, 0.2) is 41.5 Å². The van der Waals surface area contributed by atoms with E-state index in [1.165, 1.54) is 16.3 Å². The monoisotopic (exact) mass is 408 g/mol. The van der Waals surface area contributed by atoms with Crippen LogP contribution in [0, 0.1) is 13.8 Å². The summed E-state index contributed by atoms with van der Waals surface area (Å²) in [5, 5.41) is 8.99. The molecule has 2 aromatic carbocycles. The lowest BCUT2D eigenvalue weighted by molar-refractivity contribution is -0.118. The first-order chi connectivity index (χ1) is 13.9. The summed E-state index contributed by atoms with van der Waals surface area (Å²) in [7, 11) is 1.61. The predicted octanol–water partition coefficient (Wildman–Crippen LogP) is 4.04. The van der Waals surface area contributed by atoms with Gasteiger partial charge in [-0.1, -0.05) is 23.5 Å². The van der Waals surface area contributed by atoms with E-state index in [0.717, 1.165) is 27.1 Å². The standard InChI is InChI=1S/C21H20N4O3S/c1-12-4-5-13(2)17(10-12)25-19(26)9-8-16(24-25)20(27)23-21-22-15-7-6-14(28-3)11-18(15)29-21/h4-7,10-11H,8-9H2,1-3H3,(H,22,23,27). The molecule has 0 atom stereocenters. The molecule has 8 heteroatoms. The number of hydrogen-bond donors (Lipinski definition) is 1. The van der Waals surface area contributed by atoms with Gasteiger partial charge in [0, 0.05) is 12.8 Å². The number of methoxy groups -OCH3 is 1. The van der Waals surface area contributed by atoms with Gasteiger partial charge < -0.3 is 4.74 Å². The number of ether oxygens (including phenoxy) is 1. The Labute approximate surface area is 172 Å². The Hall–Kier alpha value is -3.26. The molecule has 0 bridgehead atoms. The van der Waals surface area contributed by atoms with E-state index in [4.69, 9.17) is 4.74 Å². The zero-order valence-electron chi connectivity index (χ0n) is 16.4. The number of amides is 2. The van der Waals surface area contributed by atoms with Crippen LogP contribution in [-0.4, -0.2) is 29.6 Å². The van der Waals surface area contributed by atoms with Crippen molar-refractivity contribution in [1.29, 1.82) is 0 Å². The number of hydrogen-bond acceptors (Lipinski definition) is 6. The van der Waals surface area contributed by atoms with Gasteiger partial charge in [0.2, 0.25) is 5.91 Å². The second-order valence-corrected chi connectivity index (χ2v) is 7.88. The van der Waals surface area contributed by atoms with Crippen LogP contribution in [0.5, 0.6) is 5.75 Å². The van der Waals surface area contributed by atoms with E-state index >= 15 is 0 Å². The predicted molar refractivity (Wildman–Crippen MR) is 115 cm³/mol. The maximum Gasteiger partial charge on any atom is 0.273 e. The molecule has 1 N–H and O–H groups in total. The second-order valence-electron chi connectivity index (χ2n) is 6.85. The van der Waals surface area contributed by atoms with Gasteiger partial charge in [-0.15, -0.1) is 0 Å². The minimum Gasteiger partial charge on any atom is -0.497 e. The minimum atomic E-state index is -0.348. The molecule has 2 amide bonds. The number of aryl methyl sites for hydroxylation is 2. The number of hydrazone groups is 1. The Bertz CT molecular complexity index is 1150.